The van der Waals surface area contributed by atoms with Crippen LogP contribution in [0.5, 0.6) is 0 Å². The number of nitrogens with one attached hydrogen (secondary N) is 1. The van der Waals surface area contributed by atoms with E-state index >= 15 is 0 Å². The predicted octanol–water partition coefficient (Wildman–Crippen LogP) is 4.67. The highest BCUT2D eigenvalue weighted by Crippen LogP contribution is 2.33. The molecule has 2 aromatic carbocycles. The Morgan fingerprint density at radius 3 is 2.15 bits per heavy atom. The zero-order chi connectivity index (χ0) is 19.6. The van der Waals surface area contributed by atoms with Crippen molar-refractivity contribution in [2.24, 2.45) is 5.92 Å². The highest BCUT2D eigenvalue weighted by atomic mass is 16.2. The molecular weight excluding hydrogens is 336 g/mol. The fraction of sp³-hybridized carbons (Fsp3) is 0.391. The molecule has 0 spiro atoms. The molecule has 0 aliphatic heterocycles. The first-order chi connectivity index (χ1) is 12.9. The van der Waals surface area contributed by atoms with Gasteiger partial charge in [0.2, 0.25) is 5.91 Å². The molecule has 1 aliphatic carbocycles. The van der Waals surface area contributed by atoms with E-state index in [1.165, 1.54) is 5.56 Å². The van der Waals surface area contributed by atoms with Crippen molar-refractivity contribution in [3.63, 3.8) is 0 Å². The van der Waals surface area contributed by atoms with Crippen LogP contribution in [0.15, 0.2) is 48.5 Å². The summed E-state index contributed by atoms with van der Waals surface area (Å²) in [5, 5.41) is 3.06. The summed E-state index contributed by atoms with van der Waals surface area (Å²) in [6.07, 6.45) is 1.89. The molecule has 0 radical (unpaired) electrons. The number of benzene rings is 2. The number of carbonyl (C=O) groups is 2. The Morgan fingerprint density at radius 2 is 1.56 bits per heavy atom. The molecule has 27 heavy (non-hydrogen) atoms. The lowest BCUT2D eigenvalue weighted by atomic mass is 9.99. The first kappa shape index (κ1) is 19.2. The van der Waals surface area contributed by atoms with Gasteiger partial charge in [0, 0.05) is 13.0 Å². The summed E-state index contributed by atoms with van der Waals surface area (Å²) in [5.41, 5.74) is 3.53. The highest BCUT2D eigenvalue weighted by Gasteiger charge is 2.33. The molecule has 1 saturated carbocycles. The van der Waals surface area contributed by atoms with E-state index in [0.717, 1.165) is 18.4 Å². The third-order valence-electron chi connectivity index (χ3n) is 5.22. The van der Waals surface area contributed by atoms with E-state index in [4.69, 9.17) is 0 Å². The van der Waals surface area contributed by atoms with Crippen molar-refractivity contribution in [2.75, 3.05) is 11.9 Å². The molecule has 0 aromatic heterocycles. The summed E-state index contributed by atoms with van der Waals surface area (Å²) in [6.45, 7) is 6.30. The van der Waals surface area contributed by atoms with Crippen molar-refractivity contribution in [3.8, 4) is 0 Å². The zero-order valence-electron chi connectivity index (χ0n) is 16.5. The Morgan fingerprint density at radius 1 is 0.963 bits per heavy atom. The summed E-state index contributed by atoms with van der Waals surface area (Å²) in [6, 6.07) is 15.5. The summed E-state index contributed by atoms with van der Waals surface area (Å²) >= 11 is 0. The second kappa shape index (κ2) is 7.95. The van der Waals surface area contributed by atoms with Crippen LogP contribution < -0.4 is 10.2 Å². The van der Waals surface area contributed by atoms with Crippen molar-refractivity contribution in [1.29, 1.82) is 0 Å². The van der Waals surface area contributed by atoms with Crippen LogP contribution in [0.1, 0.15) is 67.1 Å². The summed E-state index contributed by atoms with van der Waals surface area (Å²) in [4.78, 5) is 26.9. The summed E-state index contributed by atoms with van der Waals surface area (Å²) in [5.74, 6) is 0.522. The van der Waals surface area contributed by atoms with Crippen LogP contribution >= 0.6 is 0 Å². The van der Waals surface area contributed by atoms with E-state index < -0.39 is 0 Å². The van der Waals surface area contributed by atoms with E-state index in [1.807, 2.05) is 25.1 Å². The SMILES string of the molecule is CC(C)c1ccc(C(C)NC(=O)c2ccccc2N(C)C(=O)C2CC2)cc1. The number of carbonyl (C=O) groups excluding carboxylic acids is 2. The van der Waals surface area contributed by atoms with Gasteiger partial charge in [0.05, 0.1) is 17.3 Å². The Bertz CT molecular complexity index is 823. The van der Waals surface area contributed by atoms with Crippen molar-refractivity contribution in [1.82, 2.24) is 5.32 Å². The third-order valence-corrected chi connectivity index (χ3v) is 5.22. The lowest BCUT2D eigenvalue weighted by Gasteiger charge is -2.22. The average molecular weight is 364 g/mol. The molecular formula is C23H28N2O2. The largest absolute Gasteiger partial charge is 0.345 e. The van der Waals surface area contributed by atoms with Crippen molar-refractivity contribution in [2.45, 2.75) is 45.6 Å². The van der Waals surface area contributed by atoms with E-state index in [9.17, 15) is 9.59 Å². The maximum Gasteiger partial charge on any atom is 0.253 e. The minimum absolute atomic E-state index is 0.0903. The lowest BCUT2D eigenvalue weighted by Crippen LogP contribution is -2.32. The van der Waals surface area contributed by atoms with Gasteiger partial charge in [-0.3, -0.25) is 9.59 Å². The smallest absolute Gasteiger partial charge is 0.253 e. The Balaban J connectivity index is 1.75. The average Bonchev–Trinajstić information content (AvgIpc) is 3.52. The molecule has 2 amide bonds. The number of hydrogen-bond acceptors (Lipinski definition) is 2. The molecule has 2 aromatic rings. The first-order valence-electron chi connectivity index (χ1n) is 9.65. The second-order valence-electron chi connectivity index (χ2n) is 7.71. The van der Waals surface area contributed by atoms with E-state index in [2.05, 4.69) is 43.4 Å². The lowest BCUT2D eigenvalue weighted by molar-refractivity contribution is -0.119. The number of para-hydroxylation sites is 1. The number of amides is 2. The minimum atomic E-state index is -0.165. The van der Waals surface area contributed by atoms with Gasteiger partial charge >= 0.3 is 0 Å². The minimum Gasteiger partial charge on any atom is -0.345 e. The van der Waals surface area contributed by atoms with Crippen LogP contribution in [0.2, 0.25) is 0 Å². The van der Waals surface area contributed by atoms with Crippen molar-refractivity contribution in [3.05, 3.63) is 65.2 Å². The summed E-state index contributed by atoms with van der Waals surface area (Å²) < 4.78 is 0. The molecule has 1 fully saturated rings. The van der Waals surface area contributed by atoms with Gasteiger partial charge in [0.15, 0.2) is 0 Å². The van der Waals surface area contributed by atoms with Crippen LogP contribution in [0.25, 0.3) is 0 Å². The highest BCUT2D eigenvalue weighted by molar-refractivity contribution is 6.05. The van der Waals surface area contributed by atoms with Crippen LogP contribution in [-0.4, -0.2) is 18.9 Å². The molecule has 0 saturated heterocycles. The topological polar surface area (TPSA) is 49.4 Å². The van der Waals surface area contributed by atoms with Crippen LogP contribution in [0, 0.1) is 5.92 Å². The molecule has 1 N–H and O–H groups in total. The molecule has 0 heterocycles. The van der Waals surface area contributed by atoms with Gasteiger partial charge in [-0.05, 0) is 48.9 Å². The van der Waals surface area contributed by atoms with E-state index in [0.29, 0.717) is 17.2 Å². The molecule has 142 valence electrons. The molecule has 1 atom stereocenters. The van der Waals surface area contributed by atoms with Gasteiger partial charge < -0.3 is 10.2 Å². The number of nitrogens with zero attached hydrogens (tertiary/aromatic N) is 1. The summed E-state index contributed by atoms with van der Waals surface area (Å²) in [7, 11) is 1.75. The normalized spacial score (nSPS) is 14.7. The van der Waals surface area contributed by atoms with Gasteiger partial charge in [-0.15, -0.1) is 0 Å². The van der Waals surface area contributed by atoms with Gasteiger partial charge in [-0.25, -0.2) is 0 Å². The fourth-order valence-electron chi connectivity index (χ4n) is 3.21. The maximum absolute atomic E-state index is 12.9. The Hall–Kier alpha value is -2.62. The third kappa shape index (κ3) is 4.38. The number of hydrogen-bond donors (Lipinski definition) is 1. The number of rotatable bonds is 6. The molecule has 1 unspecified atom stereocenters. The molecule has 4 nitrogen and oxygen atoms in total. The van der Waals surface area contributed by atoms with Crippen LogP contribution in [0.3, 0.4) is 0 Å². The molecule has 1 aliphatic rings. The van der Waals surface area contributed by atoms with E-state index in [-0.39, 0.29) is 23.8 Å². The predicted molar refractivity (Wildman–Crippen MR) is 109 cm³/mol. The van der Waals surface area contributed by atoms with E-state index in [1.54, 1.807) is 18.0 Å². The molecule has 4 heteroatoms. The standard InChI is InChI=1S/C23H28N2O2/c1-15(2)17-9-11-18(12-10-17)16(3)24-22(26)20-7-5-6-8-21(20)25(4)23(27)19-13-14-19/h5-12,15-16,19H,13-14H2,1-4H3,(H,24,26). The van der Waals surface area contributed by atoms with Crippen LogP contribution in [-0.2, 0) is 4.79 Å². The van der Waals surface area contributed by atoms with Gasteiger partial charge in [0.25, 0.3) is 5.91 Å². The van der Waals surface area contributed by atoms with Gasteiger partial charge in [0.1, 0.15) is 0 Å². The molecule has 0 bridgehead atoms. The fourth-order valence-corrected chi connectivity index (χ4v) is 3.21. The zero-order valence-corrected chi connectivity index (χ0v) is 16.5. The monoisotopic (exact) mass is 364 g/mol. The quantitative estimate of drug-likeness (QED) is 0.809. The number of anilines is 1. The van der Waals surface area contributed by atoms with Crippen LogP contribution in [0.4, 0.5) is 5.69 Å². The second-order valence-corrected chi connectivity index (χ2v) is 7.71. The molecule has 3 rings (SSSR count). The van der Waals surface area contributed by atoms with Gasteiger partial charge in [-0.2, -0.15) is 0 Å². The van der Waals surface area contributed by atoms with Crippen molar-refractivity contribution >= 4 is 17.5 Å². The Labute approximate surface area is 161 Å². The van der Waals surface area contributed by atoms with Gasteiger partial charge in [-0.1, -0.05) is 50.2 Å². The first-order valence-corrected chi connectivity index (χ1v) is 9.65. The Kier molecular flexibility index (Phi) is 5.64. The maximum atomic E-state index is 12.9. The van der Waals surface area contributed by atoms with Crippen molar-refractivity contribution < 1.29 is 9.59 Å².